The molecule has 0 aliphatic carbocycles. The number of aliphatic carboxylic acids is 1. The van der Waals surface area contributed by atoms with Gasteiger partial charge in [-0.25, -0.2) is 0 Å². The Balaban J connectivity index is 2.45. The van der Waals surface area contributed by atoms with Crippen molar-refractivity contribution < 1.29 is 14.7 Å². The van der Waals surface area contributed by atoms with Crippen LogP contribution >= 0.6 is 0 Å². The number of amides is 1. The first-order chi connectivity index (χ1) is 10.0. The lowest BCUT2D eigenvalue weighted by Gasteiger charge is -2.26. The smallest absolute Gasteiger partial charge is 0.323 e. The summed E-state index contributed by atoms with van der Waals surface area (Å²) >= 11 is 0. The van der Waals surface area contributed by atoms with Crippen molar-refractivity contribution >= 4 is 22.6 Å². The molecule has 21 heavy (non-hydrogen) atoms. The highest BCUT2D eigenvalue weighted by atomic mass is 16.4. The number of rotatable bonds is 5. The maximum atomic E-state index is 12.7. The van der Waals surface area contributed by atoms with E-state index in [1.54, 1.807) is 6.20 Å². The molecule has 1 aromatic heterocycles. The van der Waals surface area contributed by atoms with E-state index in [-0.39, 0.29) is 18.5 Å². The van der Waals surface area contributed by atoms with Crippen LogP contribution in [0.3, 0.4) is 0 Å². The normalized spacial score (nSPS) is 12.1. The molecule has 110 valence electrons. The van der Waals surface area contributed by atoms with Crippen LogP contribution in [-0.2, 0) is 4.79 Å². The van der Waals surface area contributed by atoms with Crippen molar-refractivity contribution in [2.45, 2.75) is 26.3 Å². The zero-order valence-electron chi connectivity index (χ0n) is 12.1. The van der Waals surface area contributed by atoms with Crippen LogP contribution in [-0.4, -0.2) is 39.5 Å². The molecule has 0 fully saturated rings. The Morgan fingerprint density at radius 3 is 2.67 bits per heavy atom. The van der Waals surface area contributed by atoms with Gasteiger partial charge in [0.2, 0.25) is 0 Å². The highest BCUT2D eigenvalue weighted by Gasteiger charge is 2.25. The second-order valence-corrected chi connectivity index (χ2v) is 4.96. The largest absolute Gasteiger partial charge is 0.480 e. The van der Waals surface area contributed by atoms with Crippen LogP contribution in [0.1, 0.15) is 30.8 Å². The molecule has 0 radical (unpaired) electrons. The molecule has 1 amide bonds. The second kappa shape index (κ2) is 6.35. The van der Waals surface area contributed by atoms with Gasteiger partial charge in [0, 0.05) is 17.6 Å². The van der Waals surface area contributed by atoms with Gasteiger partial charge in [0.05, 0.1) is 0 Å². The van der Waals surface area contributed by atoms with Gasteiger partial charge in [-0.1, -0.05) is 31.2 Å². The molecular formula is C16H18N2O3. The van der Waals surface area contributed by atoms with Crippen molar-refractivity contribution in [3.05, 3.63) is 42.2 Å². The summed E-state index contributed by atoms with van der Waals surface area (Å²) in [4.78, 5) is 29.2. The molecule has 0 bridgehead atoms. The van der Waals surface area contributed by atoms with Crippen LogP contribution in [0, 0.1) is 0 Å². The Hall–Kier alpha value is -2.43. The van der Waals surface area contributed by atoms with E-state index in [4.69, 9.17) is 5.11 Å². The summed E-state index contributed by atoms with van der Waals surface area (Å²) in [6.45, 7) is 3.44. The summed E-state index contributed by atoms with van der Waals surface area (Å²) in [6, 6.07) is 9.13. The monoisotopic (exact) mass is 286 g/mol. The minimum atomic E-state index is -1.02. The standard InChI is InChI=1S/C16H18N2O3/c1-3-11(2)18(10-14(19)20)16(21)15-13-7-5-4-6-12(13)8-9-17-15/h4-9,11H,3,10H2,1-2H3,(H,19,20). The van der Waals surface area contributed by atoms with E-state index in [2.05, 4.69) is 4.98 Å². The Morgan fingerprint density at radius 1 is 1.29 bits per heavy atom. The SMILES string of the molecule is CCC(C)N(CC(=O)O)C(=O)c1nccc2ccccc12. The number of carboxylic acid groups (broad SMARTS) is 1. The molecule has 2 aromatic rings. The number of nitrogens with zero attached hydrogens (tertiary/aromatic N) is 2. The van der Waals surface area contributed by atoms with Gasteiger partial charge in [-0.3, -0.25) is 14.6 Å². The Morgan fingerprint density at radius 2 is 2.00 bits per heavy atom. The fourth-order valence-corrected chi connectivity index (χ4v) is 2.22. The topological polar surface area (TPSA) is 70.5 Å². The fraction of sp³-hybridized carbons (Fsp3) is 0.312. The molecule has 0 spiro atoms. The summed E-state index contributed by atoms with van der Waals surface area (Å²) in [5, 5.41) is 10.7. The molecule has 0 saturated carbocycles. The van der Waals surface area contributed by atoms with Gasteiger partial charge >= 0.3 is 5.97 Å². The Labute approximate surface area is 123 Å². The molecule has 1 N–H and O–H groups in total. The lowest BCUT2D eigenvalue weighted by Crippen LogP contribution is -2.42. The van der Waals surface area contributed by atoms with Crippen LogP contribution in [0.5, 0.6) is 0 Å². The van der Waals surface area contributed by atoms with Crippen molar-refractivity contribution in [2.24, 2.45) is 0 Å². The number of aromatic nitrogens is 1. The third kappa shape index (κ3) is 3.18. The van der Waals surface area contributed by atoms with Crippen molar-refractivity contribution in [3.63, 3.8) is 0 Å². The van der Waals surface area contributed by atoms with Gasteiger partial charge < -0.3 is 10.0 Å². The van der Waals surface area contributed by atoms with Gasteiger partial charge in [0.1, 0.15) is 12.2 Å². The first-order valence-corrected chi connectivity index (χ1v) is 6.91. The number of carbonyl (C=O) groups excluding carboxylic acids is 1. The zero-order chi connectivity index (χ0) is 15.4. The second-order valence-electron chi connectivity index (χ2n) is 4.96. The number of carbonyl (C=O) groups is 2. The number of fused-ring (bicyclic) bond motifs is 1. The maximum Gasteiger partial charge on any atom is 0.323 e. The summed E-state index contributed by atoms with van der Waals surface area (Å²) in [5.41, 5.74) is 0.301. The number of hydrogen-bond acceptors (Lipinski definition) is 3. The first kappa shape index (κ1) is 15.0. The number of hydrogen-bond donors (Lipinski definition) is 1. The highest BCUT2D eigenvalue weighted by molar-refractivity contribution is 6.05. The molecule has 1 aromatic carbocycles. The molecule has 2 rings (SSSR count). The fourth-order valence-electron chi connectivity index (χ4n) is 2.22. The van der Waals surface area contributed by atoms with E-state index >= 15 is 0 Å². The van der Waals surface area contributed by atoms with Gasteiger partial charge in [-0.15, -0.1) is 0 Å². The minimum Gasteiger partial charge on any atom is -0.480 e. The molecule has 0 saturated heterocycles. The van der Waals surface area contributed by atoms with Gasteiger partial charge in [-0.2, -0.15) is 0 Å². The molecular weight excluding hydrogens is 268 g/mol. The highest BCUT2D eigenvalue weighted by Crippen LogP contribution is 2.19. The van der Waals surface area contributed by atoms with Crippen LogP contribution < -0.4 is 0 Å². The molecule has 0 aliphatic heterocycles. The number of pyridine rings is 1. The average molecular weight is 286 g/mol. The van der Waals surface area contributed by atoms with E-state index in [0.29, 0.717) is 12.1 Å². The third-order valence-electron chi connectivity index (χ3n) is 3.57. The van der Waals surface area contributed by atoms with E-state index in [9.17, 15) is 9.59 Å². The van der Waals surface area contributed by atoms with Gasteiger partial charge in [-0.05, 0) is 24.8 Å². The van der Waals surface area contributed by atoms with Crippen molar-refractivity contribution in [3.8, 4) is 0 Å². The molecule has 1 atom stereocenters. The van der Waals surface area contributed by atoms with Crippen molar-refractivity contribution in [1.82, 2.24) is 9.88 Å². The lowest BCUT2D eigenvalue weighted by molar-refractivity contribution is -0.138. The Kier molecular flexibility index (Phi) is 4.52. The Bertz CT molecular complexity index is 664. The van der Waals surface area contributed by atoms with Crippen molar-refractivity contribution in [2.75, 3.05) is 6.54 Å². The van der Waals surface area contributed by atoms with Crippen LogP contribution in [0.15, 0.2) is 36.5 Å². The number of carboxylic acids is 1. The number of benzene rings is 1. The molecule has 0 aliphatic rings. The van der Waals surface area contributed by atoms with Crippen molar-refractivity contribution in [1.29, 1.82) is 0 Å². The third-order valence-corrected chi connectivity index (χ3v) is 3.57. The lowest BCUT2D eigenvalue weighted by atomic mass is 10.1. The van der Waals surface area contributed by atoms with Crippen LogP contribution in [0.25, 0.3) is 10.8 Å². The summed E-state index contributed by atoms with van der Waals surface area (Å²) in [6.07, 6.45) is 2.26. The molecule has 5 heteroatoms. The summed E-state index contributed by atoms with van der Waals surface area (Å²) in [7, 11) is 0. The molecule has 5 nitrogen and oxygen atoms in total. The maximum absolute atomic E-state index is 12.7. The molecule has 1 heterocycles. The minimum absolute atomic E-state index is 0.158. The molecule has 1 unspecified atom stereocenters. The first-order valence-electron chi connectivity index (χ1n) is 6.91. The van der Waals surface area contributed by atoms with E-state index in [1.165, 1.54) is 4.90 Å². The van der Waals surface area contributed by atoms with E-state index in [0.717, 1.165) is 10.8 Å². The average Bonchev–Trinajstić information content (AvgIpc) is 2.50. The van der Waals surface area contributed by atoms with E-state index < -0.39 is 5.97 Å². The van der Waals surface area contributed by atoms with Gasteiger partial charge in [0.15, 0.2) is 0 Å². The predicted molar refractivity (Wildman–Crippen MR) is 80.2 cm³/mol. The zero-order valence-corrected chi connectivity index (χ0v) is 12.1. The van der Waals surface area contributed by atoms with Crippen LogP contribution in [0.2, 0.25) is 0 Å². The quantitative estimate of drug-likeness (QED) is 0.917. The summed E-state index contributed by atoms with van der Waals surface area (Å²) < 4.78 is 0. The summed E-state index contributed by atoms with van der Waals surface area (Å²) in [5.74, 6) is -1.37. The van der Waals surface area contributed by atoms with Crippen LogP contribution in [0.4, 0.5) is 0 Å². The van der Waals surface area contributed by atoms with Gasteiger partial charge in [0.25, 0.3) is 5.91 Å². The predicted octanol–water partition coefficient (Wildman–Crippen LogP) is 2.56. The van der Waals surface area contributed by atoms with E-state index in [1.807, 2.05) is 44.2 Å².